The zero-order valence-corrected chi connectivity index (χ0v) is 11.8. The molecule has 0 spiro atoms. The first-order valence-electron chi connectivity index (χ1n) is 6.28. The standard InChI is InChI=1S/C15H15ClO4/c1-2-19-14(15(17)18)9-20-13-8-7-12(16)10-5-3-4-6-11(10)13/h3-8,14H,2,9H2,1H3,(H,17,18). The van der Waals surface area contributed by atoms with E-state index in [4.69, 9.17) is 26.2 Å². The number of aliphatic carboxylic acids is 1. The van der Waals surface area contributed by atoms with E-state index in [0.29, 0.717) is 17.4 Å². The number of benzene rings is 2. The molecule has 0 aromatic heterocycles. The van der Waals surface area contributed by atoms with Crippen LogP contribution >= 0.6 is 11.6 Å². The molecule has 0 bridgehead atoms. The van der Waals surface area contributed by atoms with E-state index in [1.165, 1.54) is 0 Å². The number of hydrogen-bond acceptors (Lipinski definition) is 3. The molecule has 5 heteroatoms. The molecule has 1 N–H and O–H groups in total. The molecular formula is C15H15ClO4. The van der Waals surface area contributed by atoms with Crippen molar-refractivity contribution in [1.82, 2.24) is 0 Å². The summed E-state index contributed by atoms with van der Waals surface area (Å²) in [6.07, 6.45) is -0.977. The summed E-state index contributed by atoms with van der Waals surface area (Å²) >= 11 is 6.12. The molecule has 0 fully saturated rings. The SMILES string of the molecule is CCOC(COc1ccc(Cl)c2ccccc12)C(=O)O. The quantitative estimate of drug-likeness (QED) is 0.887. The van der Waals surface area contributed by atoms with Crippen LogP contribution in [0.15, 0.2) is 36.4 Å². The molecule has 0 aliphatic heterocycles. The lowest BCUT2D eigenvalue weighted by Crippen LogP contribution is -2.30. The Bertz CT molecular complexity index is 612. The Morgan fingerprint density at radius 1 is 1.25 bits per heavy atom. The zero-order chi connectivity index (χ0) is 14.5. The summed E-state index contributed by atoms with van der Waals surface area (Å²) in [5, 5.41) is 11.4. The third-order valence-corrected chi connectivity index (χ3v) is 3.19. The number of rotatable bonds is 6. The van der Waals surface area contributed by atoms with Crippen LogP contribution in [0.25, 0.3) is 10.8 Å². The predicted octanol–water partition coefficient (Wildman–Crippen LogP) is 3.36. The molecule has 0 aliphatic rings. The Kier molecular flexibility index (Phi) is 4.82. The highest BCUT2D eigenvalue weighted by molar-refractivity contribution is 6.35. The first-order valence-corrected chi connectivity index (χ1v) is 6.65. The summed E-state index contributed by atoms with van der Waals surface area (Å²) in [6, 6.07) is 11.0. The number of hydrogen-bond donors (Lipinski definition) is 1. The smallest absolute Gasteiger partial charge is 0.336 e. The van der Waals surface area contributed by atoms with Crippen LogP contribution < -0.4 is 4.74 Å². The molecule has 0 saturated heterocycles. The molecule has 20 heavy (non-hydrogen) atoms. The van der Waals surface area contributed by atoms with Crippen LogP contribution in [0.1, 0.15) is 6.92 Å². The fraction of sp³-hybridized carbons (Fsp3) is 0.267. The van der Waals surface area contributed by atoms with Gasteiger partial charge < -0.3 is 14.6 Å². The summed E-state index contributed by atoms with van der Waals surface area (Å²) in [4.78, 5) is 11.0. The Morgan fingerprint density at radius 2 is 1.95 bits per heavy atom. The van der Waals surface area contributed by atoms with E-state index in [1.807, 2.05) is 24.3 Å². The van der Waals surface area contributed by atoms with Crippen molar-refractivity contribution in [3.63, 3.8) is 0 Å². The molecule has 2 aromatic carbocycles. The van der Waals surface area contributed by atoms with Gasteiger partial charge in [-0.1, -0.05) is 35.9 Å². The second kappa shape index (κ2) is 6.59. The van der Waals surface area contributed by atoms with Crippen LogP contribution in [0.5, 0.6) is 5.75 Å². The average Bonchev–Trinajstić information content (AvgIpc) is 2.45. The number of carbonyl (C=O) groups is 1. The van der Waals surface area contributed by atoms with E-state index in [1.54, 1.807) is 19.1 Å². The van der Waals surface area contributed by atoms with E-state index < -0.39 is 12.1 Å². The second-order valence-electron chi connectivity index (χ2n) is 4.18. The molecule has 2 rings (SSSR count). The normalized spacial score (nSPS) is 12.3. The molecule has 0 amide bonds. The van der Waals surface area contributed by atoms with Crippen molar-refractivity contribution >= 4 is 28.3 Å². The van der Waals surface area contributed by atoms with Gasteiger partial charge in [0.25, 0.3) is 0 Å². The topological polar surface area (TPSA) is 55.8 Å². The van der Waals surface area contributed by atoms with Crippen molar-refractivity contribution < 1.29 is 19.4 Å². The summed E-state index contributed by atoms with van der Waals surface area (Å²) < 4.78 is 10.7. The van der Waals surface area contributed by atoms with Crippen molar-refractivity contribution in [3.05, 3.63) is 41.4 Å². The van der Waals surface area contributed by atoms with E-state index in [-0.39, 0.29) is 6.61 Å². The first-order chi connectivity index (χ1) is 9.63. The average molecular weight is 295 g/mol. The van der Waals surface area contributed by atoms with Crippen LogP contribution in [-0.2, 0) is 9.53 Å². The molecule has 0 radical (unpaired) electrons. The molecule has 0 heterocycles. The third kappa shape index (κ3) is 3.21. The molecule has 1 atom stereocenters. The maximum Gasteiger partial charge on any atom is 0.336 e. The molecule has 106 valence electrons. The minimum atomic E-state index is -1.04. The van der Waals surface area contributed by atoms with Crippen LogP contribution in [0.4, 0.5) is 0 Å². The van der Waals surface area contributed by atoms with Crippen LogP contribution in [0, 0.1) is 0 Å². The molecule has 0 aliphatic carbocycles. The third-order valence-electron chi connectivity index (χ3n) is 2.86. The molecule has 0 saturated carbocycles. The lowest BCUT2D eigenvalue weighted by Gasteiger charge is -2.15. The van der Waals surface area contributed by atoms with E-state index in [0.717, 1.165) is 10.8 Å². The minimum Gasteiger partial charge on any atom is -0.490 e. The van der Waals surface area contributed by atoms with E-state index in [9.17, 15) is 4.79 Å². The van der Waals surface area contributed by atoms with Crippen molar-refractivity contribution in [3.8, 4) is 5.75 Å². The Hall–Kier alpha value is -1.78. The monoisotopic (exact) mass is 294 g/mol. The maximum atomic E-state index is 11.0. The van der Waals surface area contributed by atoms with Crippen molar-refractivity contribution in [2.75, 3.05) is 13.2 Å². The fourth-order valence-corrected chi connectivity index (χ4v) is 2.15. The number of carboxylic acids is 1. The summed E-state index contributed by atoms with van der Waals surface area (Å²) in [6.45, 7) is 2.02. The van der Waals surface area contributed by atoms with Crippen molar-refractivity contribution in [1.29, 1.82) is 0 Å². The van der Waals surface area contributed by atoms with Crippen molar-refractivity contribution in [2.24, 2.45) is 0 Å². The van der Waals surface area contributed by atoms with Gasteiger partial charge in [0.05, 0.1) is 0 Å². The molecule has 2 aromatic rings. The van der Waals surface area contributed by atoms with Crippen LogP contribution in [-0.4, -0.2) is 30.4 Å². The highest BCUT2D eigenvalue weighted by Gasteiger charge is 2.18. The predicted molar refractivity (Wildman–Crippen MR) is 77.5 cm³/mol. The highest BCUT2D eigenvalue weighted by Crippen LogP contribution is 2.31. The van der Waals surface area contributed by atoms with Gasteiger partial charge >= 0.3 is 5.97 Å². The Morgan fingerprint density at radius 3 is 2.60 bits per heavy atom. The van der Waals surface area contributed by atoms with Gasteiger partial charge in [-0.15, -0.1) is 0 Å². The number of halogens is 1. The van der Waals surface area contributed by atoms with Gasteiger partial charge in [0.2, 0.25) is 0 Å². The molecular weight excluding hydrogens is 280 g/mol. The van der Waals surface area contributed by atoms with Gasteiger partial charge in [0.1, 0.15) is 12.4 Å². The first kappa shape index (κ1) is 14.6. The van der Waals surface area contributed by atoms with Gasteiger partial charge in [0.15, 0.2) is 6.10 Å². The fourth-order valence-electron chi connectivity index (χ4n) is 1.92. The van der Waals surface area contributed by atoms with Gasteiger partial charge in [-0.2, -0.15) is 0 Å². The van der Waals surface area contributed by atoms with Crippen molar-refractivity contribution in [2.45, 2.75) is 13.0 Å². The second-order valence-corrected chi connectivity index (χ2v) is 4.59. The summed E-state index contributed by atoms with van der Waals surface area (Å²) in [7, 11) is 0. The largest absolute Gasteiger partial charge is 0.490 e. The van der Waals surface area contributed by atoms with Crippen LogP contribution in [0.3, 0.4) is 0 Å². The Labute approximate surface area is 121 Å². The van der Waals surface area contributed by atoms with Crippen LogP contribution in [0.2, 0.25) is 5.02 Å². The summed E-state index contributed by atoms with van der Waals surface area (Å²) in [5.41, 5.74) is 0. The highest BCUT2D eigenvalue weighted by atomic mass is 35.5. The summed E-state index contributed by atoms with van der Waals surface area (Å²) in [5.74, 6) is -0.443. The molecule has 1 unspecified atom stereocenters. The lowest BCUT2D eigenvalue weighted by molar-refractivity contribution is -0.151. The zero-order valence-electron chi connectivity index (χ0n) is 11.0. The van der Waals surface area contributed by atoms with Gasteiger partial charge in [-0.05, 0) is 19.1 Å². The Balaban J connectivity index is 2.22. The van der Waals surface area contributed by atoms with Gasteiger partial charge in [-0.25, -0.2) is 4.79 Å². The number of ether oxygens (including phenoxy) is 2. The maximum absolute atomic E-state index is 11.0. The minimum absolute atomic E-state index is 0.0468. The van der Waals surface area contributed by atoms with Gasteiger partial charge in [-0.3, -0.25) is 0 Å². The lowest BCUT2D eigenvalue weighted by atomic mass is 10.1. The van der Waals surface area contributed by atoms with E-state index in [2.05, 4.69) is 0 Å². The molecule has 4 nitrogen and oxygen atoms in total. The van der Waals surface area contributed by atoms with E-state index >= 15 is 0 Å². The number of carboxylic acid groups (broad SMARTS) is 1. The number of fused-ring (bicyclic) bond motifs is 1. The van der Waals surface area contributed by atoms with Gasteiger partial charge in [0, 0.05) is 22.4 Å².